The zero-order valence-corrected chi connectivity index (χ0v) is 18.8. The number of hydrogen-bond donors (Lipinski definition) is 4. The lowest BCUT2D eigenvalue weighted by Gasteiger charge is -2.24. The summed E-state index contributed by atoms with van der Waals surface area (Å²) in [6, 6.07) is 1.15. The van der Waals surface area contributed by atoms with Crippen LogP contribution in [0.5, 0.6) is 0 Å². The molecular weight excluding hydrogens is 510 g/mol. The maximum Gasteiger partial charge on any atom is 0.394 e. The van der Waals surface area contributed by atoms with Crippen molar-refractivity contribution in [1.82, 2.24) is 0 Å². The van der Waals surface area contributed by atoms with Crippen LogP contribution in [0.15, 0.2) is 14.7 Å². The molecule has 0 spiro atoms. The van der Waals surface area contributed by atoms with Gasteiger partial charge in [0.05, 0.1) is 28.3 Å². The SMILES string of the molecule is O=C(O)C(=O)Nc1sc2c(c1C(=O)O)CC(COC1=NS(=O)(=O)c3sc(Cl)cc3N1)OC2. The first-order valence-corrected chi connectivity index (χ1v) is 12.1. The molecule has 0 saturated heterocycles. The standard InChI is InChI=1S/C16H12ClN3O9S3/c17-9-2-7-15(31-9)32(26,27)20-16(18-7)29-3-5-1-6-8(4-28-5)30-12(10(6)13(22)23)19-11(21)14(24)25/h2,5H,1,3-4H2,(H,18,20)(H,19,21)(H,22,23)(H,24,25). The van der Waals surface area contributed by atoms with Gasteiger partial charge in [0.25, 0.3) is 10.0 Å². The number of thiophene rings is 2. The van der Waals surface area contributed by atoms with Gasteiger partial charge in [0, 0.05) is 11.3 Å². The van der Waals surface area contributed by atoms with Crippen molar-refractivity contribution in [2.45, 2.75) is 23.3 Å². The first kappa shape index (κ1) is 22.5. The highest BCUT2D eigenvalue weighted by Gasteiger charge is 2.33. The molecule has 0 fully saturated rings. The van der Waals surface area contributed by atoms with E-state index in [2.05, 4.69) is 15.0 Å². The number of fused-ring (bicyclic) bond motifs is 2. The number of sulfonamides is 1. The number of aromatic carboxylic acids is 1. The van der Waals surface area contributed by atoms with E-state index in [9.17, 15) is 27.9 Å². The zero-order valence-electron chi connectivity index (χ0n) is 15.6. The minimum atomic E-state index is -3.98. The summed E-state index contributed by atoms with van der Waals surface area (Å²) < 4.78 is 39.3. The summed E-state index contributed by atoms with van der Waals surface area (Å²) in [7, 11) is -3.98. The summed E-state index contributed by atoms with van der Waals surface area (Å²) in [6.07, 6.45) is -0.579. The third kappa shape index (κ3) is 4.29. The van der Waals surface area contributed by atoms with E-state index in [4.69, 9.17) is 26.2 Å². The van der Waals surface area contributed by atoms with Crippen LogP contribution in [0.25, 0.3) is 0 Å². The Hall–Kier alpha value is -2.72. The number of amidine groups is 1. The molecule has 16 heteroatoms. The smallest absolute Gasteiger partial charge is 0.394 e. The third-order valence-electron chi connectivity index (χ3n) is 4.36. The fourth-order valence-corrected chi connectivity index (χ4v) is 6.83. The number of carboxylic acids is 2. The highest BCUT2D eigenvalue weighted by molar-refractivity contribution is 7.92. The molecule has 0 aliphatic carbocycles. The normalized spacial score (nSPS) is 18.5. The van der Waals surface area contributed by atoms with Crippen LogP contribution in [0.1, 0.15) is 20.8 Å². The van der Waals surface area contributed by atoms with Crippen LogP contribution in [0.2, 0.25) is 4.34 Å². The van der Waals surface area contributed by atoms with E-state index in [0.717, 1.165) is 22.7 Å². The van der Waals surface area contributed by atoms with Crippen molar-refractivity contribution in [3.63, 3.8) is 0 Å². The Bertz CT molecular complexity index is 1280. The molecule has 2 aliphatic rings. The number of nitrogens with zero attached hydrogens (tertiary/aromatic N) is 1. The number of ether oxygens (including phenoxy) is 2. The van der Waals surface area contributed by atoms with Crippen LogP contribution in [0.4, 0.5) is 10.7 Å². The molecule has 0 saturated carbocycles. The Morgan fingerprint density at radius 3 is 2.78 bits per heavy atom. The highest BCUT2D eigenvalue weighted by Crippen LogP contribution is 2.39. The molecule has 1 atom stereocenters. The first-order valence-electron chi connectivity index (χ1n) is 8.63. The van der Waals surface area contributed by atoms with Gasteiger partial charge in [-0.25, -0.2) is 9.59 Å². The molecular formula is C16H12ClN3O9S3. The fourth-order valence-electron chi connectivity index (χ4n) is 3.05. The van der Waals surface area contributed by atoms with Crippen molar-refractivity contribution in [1.29, 1.82) is 0 Å². The van der Waals surface area contributed by atoms with Crippen molar-refractivity contribution in [2.75, 3.05) is 17.2 Å². The average molecular weight is 522 g/mol. The predicted octanol–water partition coefficient (Wildman–Crippen LogP) is 1.81. The van der Waals surface area contributed by atoms with E-state index in [1.165, 1.54) is 6.07 Å². The number of carbonyl (C=O) groups is 3. The van der Waals surface area contributed by atoms with Crippen molar-refractivity contribution in [2.24, 2.45) is 4.40 Å². The molecule has 2 aromatic heterocycles. The maximum absolute atomic E-state index is 12.2. The second-order valence-corrected chi connectivity index (χ2v) is 11.1. The van der Waals surface area contributed by atoms with Crippen molar-refractivity contribution >= 4 is 78.9 Å². The van der Waals surface area contributed by atoms with Gasteiger partial charge in [-0.05, 0) is 11.6 Å². The van der Waals surface area contributed by atoms with Crippen LogP contribution in [0, 0.1) is 0 Å². The number of carbonyl (C=O) groups excluding carboxylic acids is 1. The lowest BCUT2D eigenvalue weighted by Crippen LogP contribution is -2.31. The second kappa shape index (κ2) is 8.32. The number of anilines is 2. The molecule has 4 rings (SSSR count). The minimum absolute atomic E-state index is 0.000259. The monoisotopic (exact) mass is 521 g/mol. The highest BCUT2D eigenvalue weighted by atomic mass is 35.5. The topological polar surface area (TPSA) is 181 Å². The van der Waals surface area contributed by atoms with Gasteiger partial charge < -0.3 is 30.3 Å². The Morgan fingerprint density at radius 1 is 1.34 bits per heavy atom. The van der Waals surface area contributed by atoms with Crippen molar-refractivity contribution in [3.05, 3.63) is 26.4 Å². The largest absolute Gasteiger partial charge is 0.478 e. The maximum atomic E-state index is 12.2. The summed E-state index contributed by atoms with van der Waals surface area (Å²) in [5, 5.41) is 23.0. The van der Waals surface area contributed by atoms with Gasteiger partial charge in [0.2, 0.25) is 0 Å². The molecule has 2 aliphatic heterocycles. The quantitative estimate of drug-likeness (QED) is 0.433. The van der Waals surface area contributed by atoms with Crippen LogP contribution >= 0.6 is 34.3 Å². The molecule has 32 heavy (non-hydrogen) atoms. The summed E-state index contributed by atoms with van der Waals surface area (Å²) >= 11 is 7.63. The van der Waals surface area contributed by atoms with E-state index in [-0.39, 0.29) is 50.5 Å². The summed E-state index contributed by atoms with van der Waals surface area (Å²) in [6.45, 7) is -0.153. The van der Waals surface area contributed by atoms with Gasteiger partial charge in [-0.1, -0.05) is 11.6 Å². The zero-order chi connectivity index (χ0) is 23.2. The number of carboxylic acid groups (broad SMARTS) is 2. The molecule has 0 aromatic carbocycles. The fraction of sp³-hybridized carbons (Fsp3) is 0.250. The van der Waals surface area contributed by atoms with Gasteiger partial charge in [0.1, 0.15) is 11.6 Å². The van der Waals surface area contributed by atoms with Crippen molar-refractivity contribution in [3.8, 4) is 0 Å². The van der Waals surface area contributed by atoms with E-state index < -0.39 is 34.0 Å². The molecule has 4 heterocycles. The van der Waals surface area contributed by atoms with Crippen LogP contribution in [-0.4, -0.2) is 55.2 Å². The predicted molar refractivity (Wildman–Crippen MR) is 113 cm³/mol. The van der Waals surface area contributed by atoms with E-state index in [1.807, 2.05) is 0 Å². The van der Waals surface area contributed by atoms with Gasteiger partial charge in [0.15, 0.2) is 4.21 Å². The first-order chi connectivity index (χ1) is 15.0. The van der Waals surface area contributed by atoms with Crippen LogP contribution in [0.3, 0.4) is 0 Å². The Morgan fingerprint density at radius 2 is 2.09 bits per heavy atom. The lowest BCUT2D eigenvalue weighted by atomic mass is 10.0. The number of amides is 1. The van der Waals surface area contributed by atoms with Crippen LogP contribution < -0.4 is 10.6 Å². The summed E-state index contributed by atoms with van der Waals surface area (Å²) in [5.74, 6) is -4.44. The summed E-state index contributed by atoms with van der Waals surface area (Å²) in [5.41, 5.74) is 0.393. The Labute approximate surface area is 192 Å². The van der Waals surface area contributed by atoms with Gasteiger partial charge >= 0.3 is 23.9 Å². The number of hydrogen-bond acceptors (Lipinski definition) is 10. The molecule has 4 N–H and O–H groups in total. The van der Waals surface area contributed by atoms with Crippen molar-refractivity contribution < 1.29 is 42.5 Å². The summed E-state index contributed by atoms with van der Waals surface area (Å²) in [4.78, 5) is 34.5. The molecule has 1 amide bonds. The molecule has 0 bridgehead atoms. The molecule has 12 nitrogen and oxygen atoms in total. The molecule has 0 radical (unpaired) electrons. The van der Waals surface area contributed by atoms with E-state index in [0.29, 0.717) is 10.4 Å². The van der Waals surface area contributed by atoms with Gasteiger partial charge in [-0.3, -0.25) is 4.79 Å². The number of aliphatic carboxylic acids is 1. The van der Waals surface area contributed by atoms with Gasteiger partial charge in [-0.2, -0.15) is 8.42 Å². The Balaban J connectivity index is 1.49. The third-order valence-corrected chi connectivity index (χ3v) is 8.52. The second-order valence-electron chi connectivity index (χ2n) is 6.47. The van der Waals surface area contributed by atoms with E-state index >= 15 is 0 Å². The minimum Gasteiger partial charge on any atom is -0.478 e. The number of halogens is 1. The lowest BCUT2D eigenvalue weighted by molar-refractivity contribution is -0.147. The Kier molecular flexibility index (Phi) is 5.85. The van der Waals surface area contributed by atoms with Crippen LogP contribution in [-0.2, 0) is 42.1 Å². The molecule has 2 aromatic rings. The number of rotatable bonds is 4. The average Bonchev–Trinajstić information content (AvgIpc) is 3.25. The van der Waals surface area contributed by atoms with E-state index in [1.54, 1.807) is 0 Å². The number of nitrogens with one attached hydrogen (secondary N) is 2. The van der Waals surface area contributed by atoms with Gasteiger partial charge in [-0.15, -0.1) is 27.1 Å². The molecule has 1 unspecified atom stereocenters. The molecule has 170 valence electrons.